The third-order valence-electron chi connectivity index (χ3n) is 15.5. The lowest BCUT2D eigenvalue weighted by Gasteiger charge is -2.36. The van der Waals surface area contributed by atoms with Crippen LogP contribution >= 0.6 is 53.9 Å². The summed E-state index contributed by atoms with van der Waals surface area (Å²) in [5.41, 5.74) is 15.9. The SMILES string of the molecule is C.C.C.C.C=C1N=C(NC(C)=O)C(CC)=CN1[C@@H]1O[C@H](COP(=O)(O)O)[C@@H](O)[C@H]1O.CC(C)(C)[Si](C)(C)OCc1cn([C@@H]2O[C@H](COP(=O)(O)O)[C@@H](O)[C@H]2O)c(=O)nc1N.Cc1cn([C@@H]2O[C@H](COP(=O)(O)O)[C@@H](O)[C@H]2O)c(=O)nc1N.Nc1nc(=O)n([C@@H]2O[C@H](COP(=O)(O)O)[C@@H](O)[C@H]2O)cc1I. The van der Waals surface area contributed by atoms with Crippen LogP contribution in [0.25, 0.3) is 0 Å². The number of anilines is 3. The number of hydrogen-bond donors (Lipinski definition) is 20. The normalized spacial score (nSPS) is 27.0. The van der Waals surface area contributed by atoms with E-state index in [4.69, 9.17) is 79.7 Å². The molecule has 0 spiro atoms. The maximum atomic E-state index is 12.3. The Morgan fingerprint density at radius 2 is 0.913 bits per heavy atom. The van der Waals surface area contributed by atoms with Crippen LogP contribution in [0.4, 0.5) is 17.5 Å². The van der Waals surface area contributed by atoms with E-state index >= 15 is 0 Å². The minimum Gasteiger partial charge on any atom is -0.412 e. The van der Waals surface area contributed by atoms with Gasteiger partial charge in [0.15, 0.2) is 33.2 Å². The van der Waals surface area contributed by atoms with Crippen molar-refractivity contribution >= 4 is 91.4 Å². The summed E-state index contributed by atoms with van der Waals surface area (Å²) >= 11 is 1.82. The monoisotopic (exact) mass is 1710 g/mol. The molecule has 8 heterocycles. The number of aromatic nitrogens is 6. The molecule has 1 amide bonds. The Bertz CT molecular complexity index is 3740. The number of phosphoric ester groups is 4. The lowest BCUT2D eigenvalue weighted by molar-refractivity contribution is -0.117. The Labute approximate surface area is 610 Å². The van der Waals surface area contributed by atoms with Crippen LogP contribution in [-0.2, 0) is 71.1 Å². The second kappa shape index (κ2) is 39.1. The molecule has 104 heavy (non-hydrogen) atoms. The van der Waals surface area contributed by atoms with E-state index in [2.05, 4.69) is 83.8 Å². The number of aliphatic hydroxyl groups is 8. The summed E-state index contributed by atoms with van der Waals surface area (Å²) in [6.45, 7) is 16.3. The van der Waals surface area contributed by atoms with Crippen molar-refractivity contribution in [2.45, 2.75) is 201 Å². The van der Waals surface area contributed by atoms with Crippen LogP contribution in [0.3, 0.4) is 0 Å². The summed E-state index contributed by atoms with van der Waals surface area (Å²) in [6, 6.07) is 0. The van der Waals surface area contributed by atoms with Crippen molar-refractivity contribution in [3.8, 4) is 0 Å². The number of amidine groups is 1. The van der Waals surface area contributed by atoms with Gasteiger partial charge in [-0.3, -0.25) is 36.6 Å². The summed E-state index contributed by atoms with van der Waals surface area (Å²) in [6.07, 6.45) is -15.8. The maximum Gasteiger partial charge on any atom is 0.469 e. The zero-order valence-electron chi connectivity index (χ0n) is 54.1. The predicted octanol–water partition coefficient (Wildman–Crippen LogP) is -2.20. The second-order valence-corrected chi connectivity index (χ2v) is 34.8. The Morgan fingerprint density at radius 1 is 0.587 bits per heavy atom. The number of carbonyl (C=O) groups excluding carboxylic acids is 1. The number of amides is 1. The minimum absolute atomic E-state index is 0. The van der Waals surface area contributed by atoms with E-state index in [9.17, 15) is 78.3 Å². The molecule has 3 aromatic rings. The first-order valence-electron chi connectivity index (χ1n) is 29.1. The van der Waals surface area contributed by atoms with Crippen LogP contribution in [0.1, 0.15) is 101 Å². The van der Waals surface area contributed by atoms with Gasteiger partial charge in [0.2, 0.25) is 5.91 Å². The molecule has 4 saturated heterocycles. The number of nitrogens with zero attached hydrogens (tertiary/aromatic N) is 8. The van der Waals surface area contributed by atoms with E-state index < -0.39 is 181 Å². The van der Waals surface area contributed by atoms with Gasteiger partial charge in [0.05, 0.1) is 36.6 Å². The number of nitrogens with two attached hydrogens (primary N) is 3. The largest absolute Gasteiger partial charge is 0.469 e. The Morgan fingerprint density at radius 3 is 1.26 bits per heavy atom. The quantitative estimate of drug-likeness (QED) is 0.0324. The molecule has 5 aliphatic heterocycles. The van der Waals surface area contributed by atoms with Crippen molar-refractivity contribution < 1.29 is 145 Å². The highest BCUT2D eigenvalue weighted by molar-refractivity contribution is 14.1. The van der Waals surface area contributed by atoms with Crippen LogP contribution in [0.5, 0.6) is 0 Å². The molecule has 0 bridgehead atoms. The first-order chi connectivity index (χ1) is 45.8. The maximum absolute atomic E-state index is 12.3. The number of nitrogen functional groups attached to an aromatic ring is 3. The van der Waals surface area contributed by atoms with E-state index in [0.717, 1.165) is 13.7 Å². The van der Waals surface area contributed by atoms with Gasteiger partial charge in [-0.15, -0.1) is 0 Å². The molecule has 16 atom stereocenters. The van der Waals surface area contributed by atoms with Crippen molar-refractivity contribution in [1.82, 2.24) is 38.9 Å². The van der Waals surface area contributed by atoms with Crippen LogP contribution in [0.2, 0.25) is 18.1 Å². The lowest BCUT2D eigenvalue weighted by Crippen LogP contribution is -2.43. The molecular weight excluding hydrogens is 1610 g/mol. The van der Waals surface area contributed by atoms with Gasteiger partial charge in [-0.1, -0.05) is 64.0 Å². The summed E-state index contributed by atoms with van der Waals surface area (Å²) in [5, 5.41) is 82.8. The molecule has 0 unspecified atom stereocenters. The van der Waals surface area contributed by atoms with Gasteiger partial charge >= 0.3 is 48.4 Å². The van der Waals surface area contributed by atoms with Crippen molar-refractivity contribution in [2.75, 3.05) is 43.6 Å². The molecule has 23 N–H and O–H groups in total. The number of nitrogens with one attached hydrogen (secondary N) is 1. The van der Waals surface area contributed by atoms with Crippen LogP contribution < -0.4 is 39.6 Å². The Balaban J connectivity index is 0.000000690. The van der Waals surface area contributed by atoms with Crippen molar-refractivity contribution in [2.24, 2.45) is 4.99 Å². The highest BCUT2D eigenvalue weighted by Gasteiger charge is 2.50. The average Bonchev–Trinajstić information content (AvgIpc) is 1.62. The van der Waals surface area contributed by atoms with E-state index in [1.807, 2.05) is 29.5 Å². The molecule has 45 nitrogen and oxygen atoms in total. The Kier molecular flexibility index (Phi) is 36.6. The fourth-order valence-electron chi connectivity index (χ4n) is 9.08. The topological polar surface area (TPSA) is 702 Å². The van der Waals surface area contributed by atoms with Gasteiger partial charge in [0.1, 0.15) is 102 Å². The number of hydrogen-bond acceptors (Lipinski definition) is 33. The van der Waals surface area contributed by atoms with E-state index in [1.165, 1.54) is 30.4 Å². The molecule has 8 rings (SSSR count). The molecule has 51 heteroatoms. The van der Waals surface area contributed by atoms with Gasteiger partial charge in [-0.2, -0.15) is 15.0 Å². The van der Waals surface area contributed by atoms with Crippen LogP contribution in [0, 0.1) is 10.5 Å². The highest BCUT2D eigenvalue weighted by atomic mass is 127. The zero-order valence-corrected chi connectivity index (χ0v) is 60.8. The molecule has 3 aromatic heterocycles. The van der Waals surface area contributed by atoms with Crippen molar-refractivity contribution in [3.63, 3.8) is 0 Å². The van der Waals surface area contributed by atoms with Crippen LogP contribution in [0.15, 0.2) is 62.1 Å². The lowest BCUT2D eigenvalue weighted by atomic mass is 10.1. The van der Waals surface area contributed by atoms with Crippen molar-refractivity contribution in [1.29, 1.82) is 0 Å². The third-order valence-corrected chi connectivity index (χ3v) is 22.7. The van der Waals surface area contributed by atoms with Crippen molar-refractivity contribution in [3.05, 3.63) is 88.9 Å². The minimum atomic E-state index is -4.80. The average molecular weight is 1710 g/mol. The molecule has 0 aromatic carbocycles. The molecule has 5 aliphatic rings. The number of halogens is 1. The highest BCUT2D eigenvalue weighted by Crippen LogP contribution is 2.43. The van der Waals surface area contributed by atoms with Crippen LogP contribution in [-0.4, -0.2) is 240 Å². The first-order valence-corrected chi connectivity index (χ1v) is 39.2. The smallest absolute Gasteiger partial charge is 0.412 e. The summed E-state index contributed by atoms with van der Waals surface area (Å²) in [7, 11) is -21.2. The first kappa shape index (κ1) is 97.3. The predicted molar refractivity (Wildman–Crippen MR) is 376 cm³/mol. The zero-order chi connectivity index (χ0) is 76.0. The fraction of sp³-hybridized carbons (Fsp3) is 0.660. The summed E-state index contributed by atoms with van der Waals surface area (Å²) in [5.74, 6) is 0.192. The van der Waals surface area contributed by atoms with E-state index in [0.29, 0.717) is 32.5 Å². The van der Waals surface area contributed by atoms with E-state index in [-0.39, 0.29) is 70.5 Å². The third kappa shape index (κ3) is 26.6. The van der Waals surface area contributed by atoms with Gasteiger partial charge < -0.3 is 131 Å². The fourth-order valence-corrected chi connectivity index (χ4v) is 11.8. The number of carbonyl (C=O) groups is 1. The number of aliphatic hydroxyl groups excluding tert-OH is 8. The second-order valence-electron chi connectivity index (χ2n) is 23.9. The standard InChI is InChI=1S/C16H30N3O9PSi.C14H22N3O8P.C10H16N3O8P.C9H13IN3O8P.4CH4/c1-16(2,3)30(4,5)27-7-9-6-19(15(22)18-13(9)17)14-12(21)11(20)10(28-14)8-26-29(23,24)25;1-4-9-5-17(7(2)15-13(9)16-8(3)18)14-12(20)11(19)10(25-14)6-24-26(21,22)23;1-4-2-13(10(16)12-8(4)11)9-7(15)6(14)5(21-9)3-20-22(17,18)19;10-3-1-13(9(16)12-7(3)11)8-6(15)5(14)4(21-8)2-20-22(17,18)19;;;;/h6,10-12,14,20-21H,7-8H2,1-5H3,(H2,17,18,22)(H2,23,24,25);5,10-12,14,19-20H,2,4,6H2,1,3H3,(H,15,16,18)(H2,21,22,23);2,5-7,9,14-15H,3H2,1H3,(H2,11,12,16)(H2,17,18,19);1,4-6,8,14-15H,2H2,(H2,11,12,16)(H2,17,18,19);4*1H4/t2*10-,11-,12-,14-;5-,6-,7-,9-;4-,5-,6-,8-;;;;/m1111..../s1. The molecule has 0 aliphatic carbocycles. The summed E-state index contributed by atoms with van der Waals surface area (Å²) in [4.78, 5) is 133. The number of ether oxygens (including phenoxy) is 4. The van der Waals surface area contributed by atoms with E-state index in [1.54, 1.807) is 13.1 Å². The molecule has 0 saturated carbocycles. The number of rotatable bonds is 20. The van der Waals surface area contributed by atoms with Gasteiger partial charge in [0, 0.05) is 48.4 Å². The molecule has 0 radical (unpaired) electrons. The number of phosphoric acid groups is 4. The molecule has 598 valence electrons. The molecular formula is C53H97IN12O33P4Si. The van der Waals surface area contributed by atoms with Gasteiger partial charge in [-0.05, 0) is 54.1 Å². The van der Waals surface area contributed by atoms with Gasteiger partial charge in [0.25, 0.3) is 0 Å². The van der Waals surface area contributed by atoms with Gasteiger partial charge in [-0.25, -0.2) is 37.6 Å². The summed E-state index contributed by atoms with van der Waals surface area (Å²) < 4.78 is 90.9. The number of aryl methyl sites for hydroxylation is 1. The number of aliphatic imine (C=N–C) groups is 1. The molecule has 4 fully saturated rings. The Hall–Kier alpha value is -4.67.